The summed E-state index contributed by atoms with van der Waals surface area (Å²) < 4.78 is 5.29. The van der Waals surface area contributed by atoms with Crippen LogP contribution in [0.15, 0.2) is 24.8 Å². The van der Waals surface area contributed by atoms with Crippen molar-refractivity contribution >= 4 is 5.97 Å². The summed E-state index contributed by atoms with van der Waals surface area (Å²) in [6, 6.07) is 3.05. The number of aryl methyl sites for hydroxylation is 1. The zero-order valence-electron chi connectivity index (χ0n) is 8.56. The molecule has 1 N–H and O–H groups in total. The summed E-state index contributed by atoms with van der Waals surface area (Å²) in [5, 5.41) is 8.78. The second kappa shape index (κ2) is 5.14. The van der Waals surface area contributed by atoms with E-state index in [4.69, 9.17) is 9.84 Å². The lowest BCUT2D eigenvalue weighted by Gasteiger charge is -2.05. The van der Waals surface area contributed by atoms with Crippen LogP contribution in [0.25, 0.3) is 0 Å². The Morgan fingerprint density at radius 3 is 2.93 bits per heavy atom. The molecule has 1 heterocycles. The molecule has 0 radical (unpaired) electrons. The number of aromatic carboxylic acids is 1. The Bertz CT molecular complexity index is 374. The fraction of sp³-hybridized carbons (Fsp3) is 0.273. The van der Waals surface area contributed by atoms with Gasteiger partial charge in [0.25, 0.3) is 0 Å². The molecule has 1 aromatic rings. The van der Waals surface area contributed by atoms with Gasteiger partial charge in [-0.15, -0.1) is 6.58 Å². The van der Waals surface area contributed by atoms with Gasteiger partial charge in [-0.2, -0.15) is 0 Å². The lowest BCUT2D eigenvalue weighted by molar-refractivity contribution is 0.0695. The Kier molecular flexibility index (Phi) is 3.85. The van der Waals surface area contributed by atoms with Gasteiger partial charge in [0, 0.05) is 6.07 Å². The second-order valence-electron chi connectivity index (χ2n) is 3.01. The molecule has 0 bridgehead atoms. The summed E-state index contributed by atoms with van der Waals surface area (Å²) in [6.07, 6.45) is 2.49. The van der Waals surface area contributed by atoms with Crippen molar-refractivity contribution in [3.63, 3.8) is 0 Å². The Balaban J connectivity index is 2.73. The van der Waals surface area contributed by atoms with Crippen LogP contribution in [0, 0.1) is 6.92 Å². The number of ether oxygens (including phenoxy) is 1. The topological polar surface area (TPSA) is 59.4 Å². The van der Waals surface area contributed by atoms with Gasteiger partial charge < -0.3 is 9.84 Å². The van der Waals surface area contributed by atoms with E-state index in [1.807, 2.05) is 0 Å². The molecule has 0 aromatic carbocycles. The number of carbonyl (C=O) groups is 1. The average molecular weight is 207 g/mol. The van der Waals surface area contributed by atoms with Crippen molar-refractivity contribution in [1.29, 1.82) is 0 Å². The first kappa shape index (κ1) is 11.2. The number of pyridine rings is 1. The highest BCUT2D eigenvalue weighted by atomic mass is 16.5. The van der Waals surface area contributed by atoms with E-state index in [9.17, 15) is 4.79 Å². The van der Waals surface area contributed by atoms with Gasteiger partial charge in [0.1, 0.15) is 0 Å². The SMILES string of the molecule is C=CCCOc1ccc(C(=O)O)c(C)n1. The predicted octanol–water partition coefficient (Wildman–Crippen LogP) is 2.04. The second-order valence-corrected chi connectivity index (χ2v) is 3.01. The maximum Gasteiger partial charge on any atom is 0.337 e. The molecule has 80 valence electrons. The van der Waals surface area contributed by atoms with Crippen molar-refractivity contribution in [2.24, 2.45) is 0 Å². The molecule has 0 aliphatic rings. The highest BCUT2D eigenvalue weighted by molar-refractivity contribution is 5.88. The molecule has 0 spiro atoms. The summed E-state index contributed by atoms with van der Waals surface area (Å²) in [5.74, 6) is -0.531. The van der Waals surface area contributed by atoms with Crippen molar-refractivity contribution < 1.29 is 14.6 Å². The third-order valence-electron chi connectivity index (χ3n) is 1.86. The average Bonchev–Trinajstić information content (AvgIpc) is 2.17. The highest BCUT2D eigenvalue weighted by Gasteiger charge is 2.08. The first-order chi connectivity index (χ1) is 7.15. The van der Waals surface area contributed by atoms with Crippen LogP contribution < -0.4 is 4.74 Å². The zero-order valence-corrected chi connectivity index (χ0v) is 8.56. The van der Waals surface area contributed by atoms with E-state index >= 15 is 0 Å². The molecule has 0 saturated heterocycles. The number of carboxylic acids is 1. The molecule has 0 fully saturated rings. The first-order valence-electron chi connectivity index (χ1n) is 4.59. The maximum absolute atomic E-state index is 10.7. The third-order valence-corrected chi connectivity index (χ3v) is 1.86. The molecule has 0 aliphatic heterocycles. The van der Waals surface area contributed by atoms with Gasteiger partial charge in [0.15, 0.2) is 0 Å². The van der Waals surface area contributed by atoms with E-state index in [-0.39, 0.29) is 5.56 Å². The molecule has 15 heavy (non-hydrogen) atoms. The fourth-order valence-electron chi connectivity index (χ4n) is 1.09. The fourth-order valence-corrected chi connectivity index (χ4v) is 1.09. The molecule has 0 atom stereocenters. The van der Waals surface area contributed by atoms with Gasteiger partial charge in [-0.3, -0.25) is 0 Å². The Morgan fingerprint density at radius 1 is 1.67 bits per heavy atom. The largest absolute Gasteiger partial charge is 0.478 e. The van der Waals surface area contributed by atoms with Crippen LogP contribution in [0.2, 0.25) is 0 Å². The minimum Gasteiger partial charge on any atom is -0.478 e. The number of carboxylic acid groups (broad SMARTS) is 1. The predicted molar refractivity (Wildman–Crippen MR) is 56.2 cm³/mol. The Labute approximate surface area is 88.2 Å². The van der Waals surface area contributed by atoms with Gasteiger partial charge in [-0.1, -0.05) is 6.08 Å². The molecule has 0 saturated carbocycles. The van der Waals surface area contributed by atoms with Crippen LogP contribution in [0.3, 0.4) is 0 Å². The lowest BCUT2D eigenvalue weighted by Crippen LogP contribution is -2.04. The molecule has 4 heteroatoms. The van der Waals surface area contributed by atoms with Gasteiger partial charge >= 0.3 is 5.97 Å². The highest BCUT2D eigenvalue weighted by Crippen LogP contribution is 2.12. The molecule has 1 aromatic heterocycles. The minimum atomic E-state index is -0.974. The van der Waals surface area contributed by atoms with Crippen LogP contribution in [0.4, 0.5) is 0 Å². The molecular weight excluding hydrogens is 194 g/mol. The number of hydrogen-bond acceptors (Lipinski definition) is 3. The van der Waals surface area contributed by atoms with Gasteiger partial charge in [0.05, 0.1) is 17.9 Å². The normalized spacial score (nSPS) is 9.67. The molecular formula is C11H13NO3. The van der Waals surface area contributed by atoms with E-state index in [0.29, 0.717) is 18.2 Å². The van der Waals surface area contributed by atoms with Crippen LogP contribution in [-0.4, -0.2) is 22.7 Å². The van der Waals surface area contributed by atoms with Crippen LogP contribution in [0.1, 0.15) is 22.5 Å². The standard InChI is InChI=1S/C11H13NO3/c1-3-4-7-15-10-6-5-9(11(13)14)8(2)12-10/h3,5-6H,1,4,7H2,2H3,(H,13,14). The van der Waals surface area contributed by atoms with Crippen molar-refractivity contribution in [2.45, 2.75) is 13.3 Å². The summed E-state index contributed by atoms with van der Waals surface area (Å²) in [5.41, 5.74) is 0.657. The molecule has 0 unspecified atom stereocenters. The smallest absolute Gasteiger partial charge is 0.337 e. The minimum absolute atomic E-state index is 0.200. The van der Waals surface area contributed by atoms with Crippen molar-refractivity contribution in [2.75, 3.05) is 6.61 Å². The van der Waals surface area contributed by atoms with Crippen molar-refractivity contribution in [3.8, 4) is 5.88 Å². The van der Waals surface area contributed by atoms with E-state index in [0.717, 1.165) is 6.42 Å². The summed E-state index contributed by atoms with van der Waals surface area (Å²) in [4.78, 5) is 14.7. The van der Waals surface area contributed by atoms with E-state index in [1.165, 1.54) is 6.07 Å². The van der Waals surface area contributed by atoms with Gasteiger partial charge in [0.2, 0.25) is 5.88 Å². The Morgan fingerprint density at radius 2 is 2.40 bits per heavy atom. The van der Waals surface area contributed by atoms with Gasteiger partial charge in [-0.05, 0) is 19.4 Å². The molecule has 0 aliphatic carbocycles. The van der Waals surface area contributed by atoms with E-state index in [2.05, 4.69) is 11.6 Å². The zero-order chi connectivity index (χ0) is 11.3. The molecule has 4 nitrogen and oxygen atoms in total. The maximum atomic E-state index is 10.7. The first-order valence-corrected chi connectivity index (χ1v) is 4.59. The van der Waals surface area contributed by atoms with Crippen molar-refractivity contribution in [1.82, 2.24) is 4.98 Å². The monoisotopic (exact) mass is 207 g/mol. The van der Waals surface area contributed by atoms with Crippen LogP contribution in [0.5, 0.6) is 5.88 Å². The Hall–Kier alpha value is -1.84. The molecule has 1 rings (SSSR count). The summed E-state index contributed by atoms with van der Waals surface area (Å²) in [6.45, 7) is 5.71. The summed E-state index contributed by atoms with van der Waals surface area (Å²) >= 11 is 0. The number of rotatable bonds is 5. The quantitative estimate of drug-likeness (QED) is 0.593. The number of aromatic nitrogens is 1. The van der Waals surface area contributed by atoms with Gasteiger partial charge in [-0.25, -0.2) is 9.78 Å². The molecule has 0 amide bonds. The number of hydrogen-bond donors (Lipinski definition) is 1. The third kappa shape index (κ3) is 3.09. The van der Waals surface area contributed by atoms with E-state index < -0.39 is 5.97 Å². The van der Waals surface area contributed by atoms with E-state index in [1.54, 1.807) is 19.1 Å². The lowest BCUT2D eigenvalue weighted by atomic mass is 10.2. The van der Waals surface area contributed by atoms with Crippen LogP contribution >= 0.6 is 0 Å². The number of nitrogens with zero attached hydrogens (tertiary/aromatic N) is 1. The summed E-state index contributed by atoms with van der Waals surface area (Å²) in [7, 11) is 0. The van der Waals surface area contributed by atoms with Crippen molar-refractivity contribution in [3.05, 3.63) is 36.0 Å². The van der Waals surface area contributed by atoms with Crippen LogP contribution in [-0.2, 0) is 0 Å².